The Kier molecular flexibility index (Phi) is 6.58. The maximum absolute atomic E-state index is 13.9. The second-order valence-electron chi connectivity index (χ2n) is 8.78. The number of anilines is 2. The highest BCUT2D eigenvalue weighted by Gasteiger charge is 2.26. The van der Waals surface area contributed by atoms with Crippen molar-refractivity contribution < 1.29 is 9.18 Å². The number of carbonyl (C=O) groups excluding carboxylic acids is 1. The van der Waals surface area contributed by atoms with Gasteiger partial charge in [-0.15, -0.1) is 0 Å². The van der Waals surface area contributed by atoms with Crippen LogP contribution in [-0.4, -0.2) is 47.1 Å². The van der Waals surface area contributed by atoms with Crippen LogP contribution < -0.4 is 10.2 Å². The molecular formula is C26H30FN5O. The Morgan fingerprint density at radius 3 is 2.39 bits per heavy atom. The van der Waals surface area contributed by atoms with Gasteiger partial charge in [-0.05, 0) is 38.0 Å². The summed E-state index contributed by atoms with van der Waals surface area (Å²) in [6.07, 6.45) is 0. The molecule has 1 fully saturated rings. The smallest absolute Gasteiger partial charge is 0.322 e. The minimum Gasteiger partial charge on any atom is -0.353 e. The maximum Gasteiger partial charge on any atom is 0.322 e. The van der Waals surface area contributed by atoms with Gasteiger partial charge >= 0.3 is 6.03 Å². The molecule has 0 spiro atoms. The number of rotatable bonds is 4. The van der Waals surface area contributed by atoms with E-state index in [-0.39, 0.29) is 17.6 Å². The second-order valence-corrected chi connectivity index (χ2v) is 8.78. The Bertz CT molecular complexity index is 1160. The van der Waals surface area contributed by atoms with Crippen molar-refractivity contribution >= 4 is 17.5 Å². The van der Waals surface area contributed by atoms with E-state index in [1.807, 2.05) is 19.1 Å². The summed E-state index contributed by atoms with van der Waals surface area (Å²) in [7, 11) is 0. The first-order chi connectivity index (χ1) is 15.8. The lowest BCUT2D eigenvalue weighted by Gasteiger charge is -2.37. The minimum atomic E-state index is -0.439. The topological polar surface area (TPSA) is 61.4 Å². The van der Waals surface area contributed by atoms with E-state index >= 15 is 0 Å². The van der Waals surface area contributed by atoms with Gasteiger partial charge in [0.2, 0.25) is 0 Å². The van der Waals surface area contributed by atoms with Crippen molar-refractivity contribution in [2.75, 3.05) is 36.4 Å². The van der Waals surface area contributed by atoms with Crippen LogP contribution in [0.1, 0.15) is 36.6 Å². The monoisotopic (exact) mass is 447 g/mol. The van der Waals surface area contributed by atoms with Crippen LogP contribution in [0.4, 0.5) is 20.7 Å². The zero-order chi connectivity index (χ0) is 23.5. The number of nitrogens with one attached hydrogen (secondary N) is 1. The van der Waals surface area contributed by atoms with Crippen LogP contribution in [0.2, 0.25) is 0 Å². The second kappa shape index (κ2) is 9.57. The van der Waals surface area contributed by atoms with Gasteiger partial charge in [-0.3, -0.25) is 0 Å². The van der Waals surface area contributed by atoms with E-state index in [0.29, 0.717) is 26.2 Å². The molecule has 0 bridgehead atoms. The summed E-state index contributed by atoms with van der Waals surface area (Å²) in [5, 5.41) is 2.68. The zero-order valence-corrected chi connectivity index (χ0v) is 19.6. The normalized spacial score (nSPS) is 14.0. The molecule has 33 heavy (non-hydrogen) atoms. The van der Waals surface area contributed by atoms with Crippen molar-refractivity contribution in [2.45, 2.75) is 33.6 Å². The lowest BCUT2D eigenvalue weighted by molar-refractivity contribution is 0.208. The summed E-state index contributed by atoms with van der Waals surface area (Å²) in [6.45, 7) is 10.8. The van der Waals surface area contributed by atoms with Crippen LogP contribution in [0.5, 0.6) is 0 Å². The van der Waals surface area contributed by atoms with Gasteiger partial charge in [-0.25, -0.2) is 19.2 Å². The number of nitrogens with zero attached hydrogens (tertiary/aromatic N) is 4. The van der Waals surface area contributed by atoms with Gasteiger partial charge < -0.3 is 15.1 Å². The molecule has 0 aliphatic carbocycles. The predicted molar refractivity (Wildman–Crippen MR) is 130 cm³/mol. The predicted octanol–water partition coefficient (Wildman–Crippen LogP) is 5.38. The standard InChI is InChI=1S/C26H30FN5O/c1-17(2)23-19(4)28-24(20-9-7-8-18(3)16-20)30-25(23)31-12-14-32(15-13-31)26(33)29-22-11-6-5-10-21(22)27/h5-11,16-17H,12-15H2,1-4H3,(H,29,33). The number of piperazine rings is 1. The molecule has 3 aromatic rings. The average molecular weight is 448 g/mol. The summed E-state index contributed by atoms with van der Waals surface area (Å²) in [5.74, 6) is 1.48. The molecule has 2 heterocycles. The number of para-hydroxylation sites is 1. The van der Waals surface area contributed by atoms with Gasteiger partial charge in [-0.1, -0.05) is 49.7 Å². The molecule has 7 heteroatoms. The molecule has 2 amide bonds. The first kappa shape index (κ1) is 22.7. The van der Waals surface area contributed by atoms with Gasteiger partial charge in [0.05, 0.1) is 5.69 Å². The fourth-order valence-electron chi connectivity index (χ4n) is 4.27. The van der Waals surface area contributed by atoms with Crippen molar-refractivity contribution in [3.63, 3.8) is 0 Å². The van der Waals surface area contributed by atoms with E-state index in [9.17, 15) is 9.18 Å². The van der Waals surface area contributed by atoms with Crippen LogP contribution in [0, 0.1) is 19.7 Å². The van der Waals surface area contributed by atoms with Gasteiger partial charge in [0.1, 0.15) is 11.6 Å². The van der Waals surface area contributed by atoms with Crippen LogP contribution >= 0.6 is 0 Å². The van der Waals surface area contributed by atoms with Crippen molar-refractivity contribution in [2.24, 2.45) is 0 Å². The molecule has 1 aliphatic rings. The van der Waals surface area contributed by atoms with Crippen molar-refractivity contribution in [1.82, 2.24) is 14.9 Å². The number of aromatic nitrogens is 2. The van der Waals surface area contributed by atoms with Crippen LogP contribution in [0.3, 0.4) is 0 Å². The first-order valence-corrected chi connectivity index (χ1v) is 11.3. The molecule has 6 nitrogen and oxygen atoms in total. The van der Waals surface area contributed by atoms with Crippen molar-refractivity contribution in [3.8, 4) is 11.4 Å². The van der Waals surface area contributed by atoms with E-state index in [4.69, 9.17) is 9.97 Å². The Balaban J connectivity index is 1.54. The fraction of sp³-hybridized carbons (Fsp3) is 0.346. The summed E-state index contributed by atoms with van der Waals surface area (Å²) in [5.41, 5.74) is 4.47. The third-order valence-corrected chi connectivity index (χ3v) is 5.95. The molecule has 0 unspecified atom stereocenters. The van der Waals surface area contributed by atoms with Gasteiger partial charge in [-0.2, -0.15) is 0 Å². The highest BCUT2D eigenvalue weighted by atomic mass is 19.1. The Morgan fingerprint density at radius 1 is 1.00 bits per heavy atom. The van der Waals surface area contributed by atoms with Crippen molar-refractivity contribution in [1.29, 1.82) is 0 Å². The number of benzene rings is 2. The molecule has 0 saturated carbocycles. The van der Waals surface area contributed by atoms with Gasteiger partial charge in [0.15, 0.2) is 5.82 Å². The lowest BCUT2D eigenvalue weighted by atomic mass is 10.0. The molecule has 1 aliphatic heterocycles. The number of hydrogen-bond acceptors (Lipinski definition) is 4. The summed E-state index contributed by atoms with van der Waals surface area (Å²) < 4.78 is 13.9. The third kappa shape index (κ3) is 4.97. The number of halogens is 1. The van der Waals surface area contributed by atoms with Crippen LogP contribution in [0.25, 0.3) is 11.4 Å². The maximum atomic E-state index is 13.9. The Hall–Kier alpha value is -3.48. The molecule has 4 rings (SSSR count). The average Bonchev–Trinajstić information content (AvgIpc) is 2.80. The summed E-state index contributed by atoms with van der Waals surface area (Å²) in [4.78, 5) is 26.4. The number of aryl methyl sites for hydroxylation is 2. The SMILES string of the molecule is Cc1cccc(-c2nc(C)c(C(C)C)c(N3CCN(C(=O)Nc4ccccc4F)CC3)n2)c1. The molecule has 172 valence electrons. The van der Waals surface area contributed by atoms with E-state index in [0.717, 1.165) is 34.0 Å². The molecule has 2 aromatic carbocycles. The number of hydrogen-bond donors (Lipinski definition) is 1. The number of urea groups is 1. The lowest BCUT2D eigenvalue weighted by Crippen LogP contribution is -2.50. The largest absolute Gasteiger partial charge is 0.353 e. The van der Waals surface area contributed by atoms with Gasteiger partial charge in [0, 0.05) is 43.0 Å². The van der Waals surface area contributed by atoms with E-state index in [2.05, 4.69) is 43.1 Å². The molecule has 1 saturated heterocycles. The number of amides is 2. The molecule has 1 N–H and O–H groups in total. The van der Waals surface area contributed by atoms with E-state index < -0.39 is 5.82 Å². The molecule has 1 aromatic heterocycles. The Labute approximate surface area is 194 Å². The fourth-order valence-corrected chi connectivity index (χ4v) is 4.27. The van der Waals surface area contributed by atoms with Crippen molar-refractivity contribution in [3.05, 3.63) is 71.2 Å². The zero-order valence-electron chi connectivity index (χ0n) is 19.6. The molecular weight excluding hydrogens is 417 g/mol. The highest BCUT2D eigenvalue weighted by Crippen LogP contribution is 2.31. The highest BCUT2D eigenvalue weighted by molar-refractivity contribution is 5.89. The summed E-state index contributed by atoms with van der Waals surface area (Å²) in [6, 6.07) is 14.1. The molecule has 0 radical (unpaired) electrons. The van der Waals surface area contributed by atoms with Crippen LogP contribution in [-0.2, 0) is 0 Å². The van der Waals surface area contributed by atoms with E-state index in [1.54, 1.807) is 23.1 Å². The first-order valence-electron chi connectivity index (χ1n) is 11.3. The van der Waals surface area contributed by atoms with Gasteiger partial charge in [0.25, 0.3) is 0 Å². The third-order valence-electron chi connectivity index (χ3n) is 5.95. The number of carbonyl (C=O) groups is 1. The van der Waals surface area contributed by atoms with Crippen LogP contribution in [0.15, 0.2) is 48.5 Å². The minimum absolute atomic E-state index is 0.196. The quantitative estimate of drug-likeness (QED) is 0.584. The molecule has 0 atom stereocenters. The summed E-state index contributed by atoms with van der Waals surface area (Å²) >= 11 is 0. The Morgan fingerprint density at radius 2 is 1.73 bits per heavy atom. The van der Waals surface area contributed by atoms with E-state index in [1.165, 1.54) is 6.07 Å².